The normalized spacial score (nSPS) is 18.4. The van der Waals surface area contributed by atoms with E-state index in [9.17, 15) is 9.59 Å². The van der Waals surface area contributed by atoms with Gasteiger partial charge in [0.05, 0.1) is 17.9 Å². The maximum absolute atomic E-state index is 11.7. The van der Waals surface area contributed by atoms with Crippen LogP contribution in [0, 0.1) is 12.8 Å². The first kappa shape index (κ1) is 15.4. The van der Waals surface area contributed by atoms with Gasteiger partial charge in [-0.1, -0.05) is 0 Å². The number of ether oxygens (including phenoxy) is 1. The molecule has 1 fully saturated rings. The van der Waals surface area contributed by atoms with Gasteiger partial charge in [0.1, 0.15) is 5.78 Å². The molecule has 2 heterocycles. The number of piperidine rings is 1. The number of hydrogen-bond donors (Lipinski definition) is 0. The third kappa shape index (κ3) is 3.56. The van der Waals surface area contributed by atoms with E-state index in [-0.39, 0.29) is 11.7 Å². The van der Waals surface area contributed by atoms with Crippen LogP contribution in [0.2, 0.25) is 0 Å². The summed E-state index contributed by atoms with van der Waals surface area (Å²) in [5, 5.41) is 0. The zero-order valence-electron chi connectivity index (χ0n) is 12.8. The summed E-state index contributed by atoms with van der Waals surface area (Å²) in [6.07, 6.45) is 3.38. The molecule has 0 bridgehead atoms. The van der Waals surface area contributed by atoms with Gasteiger partial charge in [0, 0.05) is 25.2 Å². The van der Waals surface area contributed by atoms with Crippen molar-refractivity contribution in [2.75, 3.05) is 24.6 Å². The number of Topliss-reactive ketones (excluding diaryl/α,β-unsaturated/α-hetero) is 1. The maximum Gasteiger partial charge on any atom is 0.341 e. The van der Waals surface area contributed by atoms with E-state index in [4.69, 9.17) is 4.74 Å². The maximum atomic E-state index is 11.7. The number of ketones is 1. The molecule has 1 aliphatic rings. The number of hydrogen-bond acceptors (Lipinski definition) is 6. The molecule has 6 nitrogen and oxygen atoms in total. The minimum atomic E-state index is -0.401. The summed E-state index contributed by atoms with van der Waals surface area (Å²) in [6.45, 7) is 6.97. The van der Waals surface area contributed by atoms with Crippen molar-refractivity contribution in [1.29, 1.82) is 0 Å². The van der Waals surface area contributed by atoms with E-state index in [1.54, 1.807) is 20.8 Å². The molecular formula is C15H21N3O3. The Morgan fingerprint density at radius 1 is 1.48 bits per heavy atom. The molecule has 6 heteroatoms. The van der Waals surface area contributed by atoms with E-state index in [0.29, 0.717) is 30.4 Å². The van der Waals surface area contributed by atoms with E-state index >= 15 is 0 Å². The Morgan fingerprint density at radius 2 is 2.24 bits per heavy atom. The summed E-state index contributed by atoms with van der Waals surface area (Å²) in [5.41, 5.74) is 0.990. The Morgan fingerprint density at radius 3 is 2.86 bits per heavy atom. The van der Waals surface area contributed by atoms with Crippen molar-refractivity contribution in [3.05, 3.63) is 17.5 Å². The number of aromatic nitrogens is 2. The Bertz CT molecular complexity index is 545. The first-order valence-electron chi connectivity index (χ1n) is 7.29. The third-order valence-electron chi connectivity index (χ3n) is 3.74. The lowest BCUT2D eigenvalue weighted by molar-refractivity contribution is -0.120. The highest BCUT2D eigenvalue weighted by molar-refractivity contribution is 5.90. The topological polar surface area (TPSA) is 72.4 Å². The molecule has 21 heavy (non-hydrogen) atoms. The molecule has 1 aromatic heterocycles. The zero-order chi connectivity index (χ0) is 15.4. The van der Waals surface area contributed by atoms with Crippen LogP contribution in [0.25, 0.3) is 0 Å². The average molecular weight is 291 g/mol. The number of carbonyl (C=O) groups excluding carboxylic acids is 2. The number of rotatable bonds is 4. The standard InChI is InChI=1S/C15H21N3O3/c1-4-21-14(20)13-8-16-15(17-10(13)2)18-7-5-6-12(9-18)11(3)19/h8,12H,4-7,9H2,1-3H3. The minimum absolute atomic E-state index is 0.0485. The molecule has 0 radical (unpaired) electrons. The lowest BCUT2D eigenvalue weighted by Gasteiger charge is -2.31. The van der Waals surface area contributed by atoms with Crippen molar-refractivity contribution >= 4 is 17.7 Å². The molecule has 1 saturated heterocycles. The molecule has 1 atom stereocenters. The second kappa shape index (κ2) is 6.65. The molecule has 0 N–H and O–H groups in total. The van der Waals surface area contributed by atoms with Gasteiger partial charge in [0.25, 0.3) is 0 Å². The summed E-state index contributed by atoms with van der Waals surface area (Å²) in [4.78, 5) is 33.9. The molecule has 1 aromatic rings. The Balaban J connectivity index is 2.16. The first-order chi connectivity index (χ1) is 10.0. The summed E-state index contributed by atoms with van der Waals surface area (Å²) >= 11 is 0. The fourth-order valence-corrected chi connectivity index (χ4v) is 2.51. The fraction of sp³-hybridized carbons (Fsp3) is 0.600. The highest BCUT2D eigenvalue weighted by atomic mass is 16.5. The van der Waals surface area contributed by atoms with Crippen molar-refractivity contribution in [3.63, 3.8) is 0 Å². The van der Waals surface area contributed by atoms with Crippen LogP contribution in [0.5, 0.6) is 0 Å². The van der Waals surface area contributed by atoms with Gasteiger partial charge >= 0.3 is 5.97 Å². The van der Waals surface area contributed by atoms with Gasteiger partial charge in [0.15, 0.2) is 0 Å². The van der Waals surface area contributed by atoms with Crippen LogP contribution in [-0.2, 0) is 9.53 Å². The smallest absolute Gasteiger partial charge is 0.341 e. The first-order valence-corrected chi connectivity index (χ1v) is 7.29. The molecule has 2 rings (SSSR count). The predicted octanol–water partition coefficient (Wildman–Crippen LogP) is 1.77. The van der Waals surface area contributed by atoms with Crippen molar-refractivity contribution in [2.24, 2.45) is 5.92 Å². The van der Waals surface area contributed by atoms with Crippen LogP contribution in [0.1, 0.15) is 42.7 Å². The Labute approximate surface area is 124 Å². The van der Waals surface area contributed by atoms with Crippen LogP contribution < -0.4 is 4.90 Å². The zero-order valence-corrected chi connectivity index (χ0v) is 12.8. The molecular weight excluding hydrogens is 270 g/mol. The van der Waals surface area contributed by atoms with Crippen LogP contribution in [0.4, 0.5) is 5.95 Å². The summed E-state index contributed by atoms with van der Waals surface area (Å²) in [6, 6.07) is 0. The lowest BCUT2D eigenvalue weighted by Crippen LogP contribution is -2.39. The van der Waals surface area contributed by atoms with Crippen LogP contribution in [0.15, 0.2) is 6.20 Å². The highest BCUT2D eigenvalue weighted by Crippen LogP contribution is 2.21. The van der Waals surface area contributed by atoms with Gasteiger partial charge in [-0.15, -0.1) is 0 Å². The predicted molar refractivity (Wildman–Crippen MR) is 78.3 cm³/mol. The van der Waals surface area contributed by atoms with E-state index in [1.807, 2.05) is 4.90 Å². The van der Waals surface area contributed by atoms with E-state index < -0.39 is 5.97 Å². The second-order valence-electron chi connectivity index (χ2n) is 5.29. The van der Waals surface area contributed by atoms with Gasteiger partial charge in [-0.25, -0.2) is 14.8 Å². The van der Waals surface area contributed by atoms with Gasteiger partial charge in [-0.05, 0) is 33.6 Å². The van der Waals surface area contributed by atoms with Crippen LogP contribution in [-0.4, -0.2) is 41.4 Å². The molecule has 114 valence electrons. The van der Waals surface area contributed by atoms with Crippen molar-refractivity contribution in [2.45, 2.75) is 33.6 Å². The molecule has 0 aromatic carbocycles. The van der Waals surface area contributed by atoms with Gasteiger partial charge in [-0.3, -0.25) is 4.79 Å². The second-order valence-corrected chi connectivity index (χ2v) is 5.29. The third-order valence-corrected chi connectivity index (χ3v) is 3.74. The monoisotopic (exact) mass is 291 g/mol. The van der Waals surface area contributed by atoms with Crippen molar-refractivity contribution in [1.82, 2.24) is 9.97 Å². The molecule has 0 spiro atoms. The number of anilines is 1. The fourth-order valence-electron chi connectivity index (χ4n) is 2.51. The Hall–Kier alpha value is -1.98. The number of nitrogens with zero attached hydrogens (tertiary/aromatic N) is 3. The van der Waals surface area contributed by atoms with Gasteiger partial charge < -0.3 is 9.64 Å². The molecule has 0 aliphatic carbocycles. The van der Waals surface area contributed by atoms with Crippen molar-refractivity contribution in [3.8, 4) is 0 Å². The van der Waals surface area contributed by atoms with E-state index in [1.165, 1.54) is 6.20 Å². The minimum Gasteiger partial charge on any atom is -0.462 e. The molecule has 0 amide bonds. The van der Waals surface area contributed by atoms with E-state index in [0.717, 1.165) is 19.4 Å². The van der Waals surface area contributed by atoms with Crippen LogP contribution in [0.3, 0.4) is 0 Å². The largest absolute Gasteiger partial charge is 0.462 e. The highest BCUT2D eigenvalue weighted by Gasteiger charge is 2.25. The van der Waals surface area contributed by atoms with Crippen molar-refractivity contribution < 1.29 is 14.3 Å². The number of aryl methyl sites for hydroxylation is 1. The Kier molecular flexibility index (Phi) is 4.88. The number of esters is 1. The van der Waals surface area contributed by atoms with E-state index in [2.05, 4.69) is 9.97 Å². The lowest BCUT2D eigenvalue weighted by atomic mass is 9.95. The molecule has 0 saturated carbocycles. The van der Waals surface area contributed by atoms with Gasteiger partial charge in [-0.2, -0.15) is 0 Å². The molecule has 1 aliphatic heterocycles. The summed E-state index contributed by atoms with van der Waals surface area (Å²) < 4.78 is 4.97. The molecule has 1 unspecified atom stereocenters. The summed E-state index contributed by atoms with van der Waals surface area (Å²) in [7, 11) is 0. The average Bonchev–Trinajstić information content (AvgIpc) is 2.47. The van der Waals surface area contributed by atoms with Gasteiger partial charge in [0.2, 0.25) is 5.95 Å². The number of carbonyl (C=O) groups is 2. The quantitative estimate of drug-likeness (QED) is 0.787. The van der Waals surface area contributed by atoms with Crippen LogP contribution >= 0.6 is 0 Å². The SMILES string of the molecule is CCOC(=O)c1cnc(N2CCCC(C(C)=O)C2)nc1C. The summed E-state index contributed by atoms with van der Waals surface area (Å²) in [5.74, 6) is 0.431.